The number of aliphatic hydroxyl groups excluding tert-OH is 1. The monoisotopic (exact) mass is 310 g/mol. The van der Waals surface area contributed by atoms with Gasteiger partial charge in [-0.15, -0.1) is 0 Å². The van der Waals surface area contributed by atoms with E-state index >= 15 is 0 Å². The Bertz CT molecular complexity index is 484. The van der Waals surface area contributed by atoms with Gasteiger partial charge in [-0.1, -0.05) is 30.3 Å². The average molecular weight is 310 g/mol. The number of amides is 2. The molecular formula is C15H22N2O5. The number of alkyl carbamates (subject to hydrolysis) is 2. The van der Waals surface area contributed by atoms with Crippen LogP contribution in [0.15, 0.2) is 30.3 Å². The van der Waals surface area contributed by atoms with E-state index in [0.29, 0.717) is 0 Å². The van der Waals surface area contributed by atoms with Gasteiger partial charge in [-0.3, -0.25) is 10.6 Å². The molecule has 0 fully saturated rings. The lowest BCUT2D eigenvalue weighted by molar-refractivity contribution is 0.0464. The molecule has 1 rings (SSSR count). The van der Waals surface area contributed by atoms with Crippen molar-refractivity contribution < 1.29 is 24.2 Å². The molecule has 0 aliphatic heterocycles. The van der Waals surface area contributed by atoms with Crippen molar-refractivity contribution in [3.05, 3.63) is 35.9 Å². The van der Waals surface area contributed by atoms with E-state index in [1.807, 2.05) is 30.3 Å². The van der Waals surface area contributed by atoms with Crippen LogP contribution < -0.4 is 10.6 Å². The summed E-state index contributed by atoms with van der Waals surface area (Å²) < 4.78 is 10.0. The van der Waals surface area contributed by atoms with E-state index in [1.165, 1.54) is 0 Å². The van der Waals surface area contributed by atoms with Crippen LogP contribution in [0.1, 0.15) is 26.3 Å². The van der Waals surface area contributed by atoms with Crippen LogP contribution in [-0.2, 0) is 16.1 Å². The normalized spacial score (nSPS) is 12.2. The Labute approximate surface area is 129 Å². The predicted molar refractivity (Wildman–Crippen MR) is 80.0 cm³/mol. The molecule has 0 saturated heterocycles. The molecule has 0 aliphatic carbocycles. The van der Waals surface area contributed by atoms with Crippen molar-refractivity contribution in [2.24, 2.45) is 0 Å². The number of benzene rings is 1. The molecule has 7 heteroatoms. The highest BCUT2D eigenvalue weighted by Gasteiger charge is 2.20. The standard InChI is InChI=1S/C15H22N2O5/c1-15(2,3)22-14(20)17-12(9-18)16-13(19)21-10-11-7-5-4-6-8-11/h4-8,12,18H,9-10H2,1-3H3,(H,16,19)(H,17,20)/t12-/m1/s1. The predicted octanol–water partition coefficient (Wildman–Crippen LogP) is 1.76. The number of rotatable bonds is 5. The number of hydrogen-bond donors (Lipinski definition) is 3. The minimum atomic E-state index is -0.988. The molecule has 0 heterocycles. The van der Waals surface area contributed by atoms with E-state index in [-0.39, 0.29) is 6.61 Å². The Morgan fingerprint density at radius 2 is 1.73 bits per heavy atom. The van der Waals surface area contributed by atoms with E-state index in [9.17, 15) is 9.59 Å². The van der Waals surface area contributed by atoms with Gasteiger partial charge in [-0.25, -0.2) is 9.59 Å². The molecular weight excluding hydrogens is 288 g/mol. The Kier molecular flexibility index (Phi) is 6.65. The largest absolute Gasteiger partial charge is 0.445 e. The van der Waals surface area contributed by atoms with Gasteiger partial charge >= 0.3 is 12.2 Å². The van der Waals surface area contributed by atoms with Crippen molar-refractivity contribution in [2.75, 3.05) is 6.61 Å². The second kappa shape index (κ2) is 8.23. The first kappa shape index (κ1) is 17.8. The fourth-order valence-corrected chi connectivity index (χ4v) is 1.48. The molecule has 0 saturated carbocycles. The summed E-state index contributed by atoms with van der Waals surface area (Å²) >= 11 is 0. The Morgan fingerprint density at radius 1 is 1.14 bits per heavy atom. The van der Waals surface area contributed by atoms with Crippen molar-refractivity contribution >= 4 is 12.2 Å². The van der Waals surface area contributed by atoms with Crippen LogP contribution in [0.25, 0.3) is 0 Å². The summed E-state index contributed by atoms with van der Waals surface area (Å²) in [4.78, 5) is 23.2. The zero-order chi connectivity index (χ0) is 16.6. The maximum atomic E-state index is 11.6. The first-order chi connectivity index (χ1) is 10.3. The van der Waals surface area contributed by atoms with E-state index in [4.69, 9.17) is 14.6 Å². The molecule has 1 aromatic carbocycles. The molecule has 22 heavy (non-hydrogen) atoms. The molecule has 0 spiro atoms. The van der Waals surface area contributed by atoms with Crippen LogP contribution in [-0.4, -0.2) is 35.7 Å². The van der Waals surface area contributed by atoms with Gasteiger partial charge in [-0.2, -0.15) is 0 Å². The molecule has 0 aromatic heterocycles. The van der Waals surface area contributed by atoms with E-state index < -0.39 is 30.6 Å². The fraction of sp³-hybridized carbons (Fsp3) is 0.467. The smallest absolute Gasteiger partial charge is 0.409 e. The third-order valence-corrected chi connectivity index (χ3v) is 2.38. The van der Waals surface area contributed by atoms with Gasteiger partial charge in [0.25, 0.3) is 0 Å². The maximum absolute atomic E-state index is 11.6. The number of aliphatic hydroxyl groups is 1. The van der Waals surface area contributed by atoms with Gasteiger partial charge in [0.15, 0.2) is 0 Å². The number of nitrogens with one attached hydrogen (secondary N) is 2. The maximum Gasteiger partial charge on any atom is 0.409 e. The van der Waals surface area contributed by atoms with Crippen LogP contribution in [0.4, 0.5) is 9.59 Å². The lowest BCUT2D eigenvalue weighted by Crippen LogP contribution is -2.51. The van der Waals surface area contributed by atoms with Crippen LogP contribution in [0.5, 0.6) is 0 Å². The number of hydrogen-bond acceptors (Lipinski definition) is 5. The van der Waals surface area contributed by atoms with Crippen molar-refractivity contribution in [1.29, 1.82) is 0 Å². The summed E-state index contributed by atoms with van der Waals surface area (Å²) in [5.74, 6) is 0. The lowest BCUT2D eigenvalue weighted by Gasteiger charge is -2.23. The van der Waals surface area contributed by atoms with Crippen molar-refractivity contribution in [3.63, 3.8) is 0 Å². The second-order valence-corrected chi connectivity index (χ2v) is 5.59. The first-order valence-electron chi connectivity index (χ1n) is 6.88. The lowest BCUT2D eigenvalue weighted by atomic mass is 10.2. The highest BCUT2D eigenvalue weighted by molar-refractivity contribution is 5.71. The molecule has 2 amide bonds. The van der Waals surface area contributed by atoms with E-state index in [1.54, 1.807) is 20.8 Å². The topological polar surface area (TPSA) is 96.9 Å². The molecule has 0 radical (unpaired) electrons. The molecule has 0 unspecified atom stereocenters. The van der Waals surface area contributed by atoms with Crippen molar-refractivity contribution in [1.82, 2.24) is 10.6 Å². The number of ether oxygens (including phenoxy) is 2. The summed E-state index contributed by atoms with van der Waals surface area (Å²) in [6, 6.07) is 9.15. The quantitative estimate of drug-likeness (QED) is 0.720. The molecule has 0 bridgehead atoms. The minimum Gasteiger partial charge on any atom is -0.445 e. The minimum absolute atomic E-state index is 0.0945. The molecule has 1 atom stereocenters. The van der Waals surface area contributed by atoms with Gasteiger partial charge in [0.2, 0.25) is 0 Å². The third-order valence-electron chi connectivity index (χ3n) is 2.38. The second-order valence-electron chi connectivity index (χ2n) is 5.59. The highest BCUT2D eigenvalue weighted by atomic mass is 16.6. The summed E-state index contributed by atoms with van der Waals surface area (Å²) in [7, 11) is 0. The van der Waals surface area contributed by atoms with Gasteiger partial charge in [0, 0.05) is 0 Å². The molecule has 3 N–H and O–H groups in total. The van der Waals surface area contributed by atoms with Crippen LogP contribution in [0.2, 0.25) is 0 Å². The number of carbonyl (C=O) groups excluding carboxylic acids is 2. The van der Waals surface area contributed by atoms with Crippen molar-refractivity contribution in [2.45, 2.75) is 39.1 Å². The zero-order valence-electron chi connectivity index (χ0n) is 13.0. The van der Waals surface area contributed by atoms with Gasteiger partial charge in [0.1, 0.15) is 18.4 Å². The number of carbonyl (C=O) groups is 2. The summed E-state index contributed by atoms with van der Waals surface area (Å²) in [5, 5.41) is 13.8. The Morgan fingerprint density at radius 3 is 2.27 bits per heavy atom. The summed E-state index contributed by atoms with van der Waals surface area (Å²) in [6.07, 6.45) is -2.48. The fourth-order valence-electron chi connectivity index (χ4n) is 1.48. The summed E-state index contributed by atoms with van der Waals surface area (Å²) in [6.45, 7) is 4.74. The summed E-state index contributed by atoms with van der Waals surface area (Å²) in [5.41, 5.74) is 0.163. The van der Waals surface area contributed by atoms with Crippen LogP contribution in [0, 0.1) is 0 Å². The zero-order valence-corrected chi connectivity index (χ0v) is 13.0. The van der Waals surface area contributed by atoms with Crippen LogP contribution >= 0.6 is 0 Å². The molecule has 1 aromatic rings. The SMILES string of the molecule is CC(C)(C)OC(=O)N[C@H](CO)NC(=O)OCc1ccccc1. The average Bonchev–Trinajstić information content (AvgIpc) is 2.43. The Hall–Kier alpha value is -2.28. The van der Waals surface area contributed by atoms with Crippen LogP contribution in [0.3, 0.4) is 0 Å². The van der Waals surface area contributed by atoms with Gasteiger partial charge in [0.05, 0.1) is 6.61 Å². The van der Waals surface area contributed by atoms with E-state index in [2.05, 4.69) is 10.6 Å². The van der Waals surface area contributed by atoms with Crippen molar-refractivity contribution in [3.8, 4) is 0 Å². The van der Waals surface area contributed by atoms with Gasteiger partial charge in [-0.05, 0) is 26.3 Å². The van der Waals surface area contributed by atoms with Gasteiger partial charge < -0.3 is 14.6 Å². The highest BCUT2D eigenvalue weighted by Crippen LogP contribution is 2.06. The molecule has 0 aliphatic rings. The third kappa shape index (κ3) is 7.49. The Balaban J connectivity index is 2.38. The first-order valence-corrected chi connectivity index (χ1v) is 6.88. The molecule has 122 valence electrons. The molecule has 7 nitrogen and oxygen atoms in total. The van der Waals surface area contributed by atoms with E-state index in [0.717, 1.165) is 5.56 Å².